The molecule has 1 amide bonds. The molecular formula is C12H16FN3O. The Morgan fingerprint density at radius 3 is 3.12 bits per heavy atom. The molecular weight excluding hydrogens is 221 g/mol. The van der Waals surface area contributed by atoms with Crippen molar-refractivity contribution in [2.45, 2.75) is 25.3 Å². The normalized spacial score (nSPS) is 19.2. The zero-order chi connectivity index (χ0) is 12.1. The van der Waals surface area contributed by atoms with Gasteiger partial charge in [-0.1, -0.05) is 0 Å². The molecule has 1 unspecified atom stereocenters. The standard InChI is InChI=1S/C12H16FN3O/c13-9-3-4-11(16-8-9)12(17)15-7-5-10-2-1-6-14-10/h3-4,8,10,14H,1-2,5-7H2,(H,15,17). The van der Waals surface area contributed by atoms with E-state index in [4.69, 9.17) is 0 Å². The van der Waals surface area contributed by atoms with Gasteiger partial charge in [-0.2, -0.15) is 0 Å². The summed E-state index contributed by atoms with van der Waals surface area (Å²) in [4.78, 5) is 15.3. The van der Waals surface area contributed by atoms with E-state index in [1.54, 1.807) is 0 Å². The highest BCUT2D eigenvalue weighted by molar-refractivity contribution is 5.92. The van der Waals surface area contributed by atoms with Crippen LogP contribution in [0.5, 0.6) is 0 Å². The molecule has 2 N–H and O–H groups in total. The number of carbonyl (C=O) groups is 1. The summed E-state index contributed by atoms with van der Waals surface area (Å²) < 4.78 is 12.6. The van der Waals surface area contributed by atoms with E-state index in [9.17, 15) is 9.18 Å². The van der Waals surface area contributed by atoms with Crippen molar-refractivity contribution in [2.75, 3.05) is 13.1 Å². The van der Waals surface area contributed by atoms with Gasteiger partial charge in [-0.3, -0.25) is 4.79 Å². The Morgan fingerprint density at radius 2 is 2.47 bits per heavy atom. The first-order valence-electron chi connectivity index (χ1n) is 5.89. The lowest BCUT2D eigenvalue weighted by Crippen LogP contribution is -2.31. The number of halogens is 1. The first-order valence-corrected chi connectivity index (χ1v) is 5.89. The van der Waals surface area contributed by atoms with Crippen LogP contribution in [0.3, 0.4) is 0 Å². The van der Waals surface area contributed by atoms with Crippen molar-refractivity contribution in [3.8, 4) is 0 Å². The lowest BCUT2D eigenvalue weighted by atomic mass is 10.1. The Bertz CT molecular complexity index is 374. The molecule has 0 aromatic carbocycles. The summed E-state index contributed by atoms with van der Waals surface area (Å²) in [6.07, 6.45) is 4.35. The van der Waals surface area contributed by atoms with Gasteiger partial charge < -0.3 is 10.6 Å². The summed E-state index contributed by atoms with van der Waals surface area (Å²) >= 11 is 0. The minimum absolute atomic E-state index is 0.247. The monoisotopic (exact) mass is 237 g/mol. The minimum Gasteiger partial charge on any atom is -0.351 e. The van der Waals surface area contributed by atoms with E-state index < -0.39 is 5.82 Å². The Balaban J connectivity index is 1.75. The number of nitrogens with zero attached hydrogens (tertiary/aromatic N) is 1. The third-order valence-corrected chi connectivity index (χ3v) is 2.90. The first-order chi connectivity index (χ1) is 8.25. The Morgan fingerprint density at radius 1 is 1.59 bits per heavy atom. The van der Waals surface area contributed by atoms with E-state index in [0.717, 1.165) is 19.2 Å². The second kappa shape index (κ2) is 5.72. The van der Waals surface area contributed by atoms with E-state index in [0.29, 0.717) is 12.6 Å². The number of rotatable bonds is 4. The van der Waals surface area contributed by atoms with Gasteiger partial charge in [0.2, 0.25) is 0 Å². The van der Waals surface area contributed by atoms with Gasteiger partial charge in [-0.25, -0.2) is 9.37 Å². The maximum Gasteiger partial charge on any atom is 0.269 e. The number of hydrogen-bond donors (Lipinski definition) is 2. The summed E-state index contributed by atoms with van der Waals surface area (Å²) in [6, 6.07) is 3.13. The average molecular weight is 237 g/mol. The summed E-state index contributed by atoms with van der Waals surface area (Å²) in [5.41, 5.74) is 0.255. The third kappa shape index (κ3) is 3.49. The third-order valence-electron chi connectivity index (χ3n) is 2.90. The van der Waals surface area contributed by atoms with Crippen molar-refractivity contribution in [2.24, 2.45) is 0 Å². The van der Waals surface area contributed by atoms with E-state index in [1.165, 1.54) is 25.0 Å². The topological polar surface area (TPSA) is 54.0 Å². The van der Waals surface area contributed by atoms with Crippen molar-refractivity contribution >= 4 is 5.91 Å². The molecule has 2 rings (SSSR count). The van der Waals surface area contributed by atoms with Crippen molar-refractivity contribution < 1.29 is 9.18 Å². The van der Waals surface area contributed by atoms with E-state index in [2.05, 4.69) is 15.6 Å². The first kappa shape index (κ1) is 12.0. The molecule has 1 aromatic rings. The van der Waals surface area contributed by atoms with Crippen molar-refractivity contribution in [3.05, 3.63) is 29.8 Å². The molecule has 17 heavy (non-hydrogen) atoms. The number of aromatic nitrogens is 1. The summed E-state index contributed by atoms with van der Waals surface area (Å²) in [5, 5.41) is 6.14. The molecule has 1 aromatic heterocycles. The number of amides is 1. The van der Waals surface area contributed by atoms with Crippen LogP contribution < -0.4 is 10.6 Å². The summed E-state index contributed by atoms with van der Waals surface area (Å²) in [6.45, 7) is 1.69. The largest absolute Gasteiger partial charge is 0.351 e. The second-order valence-electron chi connectivity index (χ2n) is 4.20. The van der Waals surface area contributed by atoms with Gasteiger partial charge in [0.1, 0.15) is 11.5 Å². The van der Waals surface area contributed by atoms with Crippen molar-refractivity contribution in [1.29, 1.82) is 0 Å². The fourth-order valence-electron chi connectivity index (χ4n) is 1.96. The van der Waals surface area contributed by atoms with Crippen LogP contribution in [0.2, 0.25) is 0 Å². The van der Waals surface area contributed by atoms with Crippen LogP contribution in [-0.2, 0) is 0 Å². The maximum absolute atomic E-state index is 12.6. The van der Waals surface area contributed by atoms with Crippen LogP contribution >= 0.6 is 0 Å². The number of carbonyl (C=O) groups excluding carboxylic acids is 1. The van der Waals surface area contributed by atoms with Gasteiger partial charge in [-0.05, 0) is 37.9 Å². The van der Waals surface area contributed by atoms with Crippen molar-refractivity contribution in [3.63, 3.8) is 0 Å². The van der Waals surface area contributed by atoms with E-state index >= 15 is 0 Å². The van der Waals surface area contributed by atoms with Gasteiger partial charge in [0, 0.05) is 12.6 Å². The zero-order valence-corrected chi connectivity index (χ0v) is 9.58. The number of hydrogen-bond acceptors (Lipinski definition) is 3. The van der Waals surface area contributed by atoms with Gasteiger partial charge >= 0.3 is 0 Å². The van der Waals surface area contributed by atoms with Crippen LogP contribution in [0.1, 0.15) is 29.8 Å². The van der Waals surface area contributed by atoms with Gasteiger partial charge in [0.05, 0.1) is 6.20 Å². The van der Waals surface area contributed by atoms with Crippen LogP contribution in [0.4, 0.5) is 4.39 Å². The highest BCUT2D eigenvalue weighted by Crippen LogP contribution is 2.07. The molecule has 5 heteroatoms. The molecule has 0 spiro atoms. The summed E-state index contributed by atoms with van der Waals surface area (Å²) in [5.74, 6) is -0.681. The summed E-state index contributed by atoms with van der Waals surface area (Å²) in [7, 11) is 0. The van der Waals surface area contributed by atoms with Crippen molar-refractivity contribution in [1.82, 2.24) is 15.6 Å². The maximum atomic E-state index is 12.6. The molecule has 0 saturated carbocycles. The van der Waals surface area contributed by atoms with E-state index in [-0.39, 0.29) is 11.6 Å². The molecule has 92 valence electrons. The van der Waals surface area contributed by atoms with E-state index in [1.807, 2.05) is 0 Å². The van der Waals surface area contributed by atoms with Crippen LogP contribution in [0.15, 0.2) is 18.3 Å². The molecule has 0 bridgehead atoms. The Kier molecular flexibility index (Phi) is 4.03. The van der Waals surface area contributed by atoms with Crippen LogP contribution in [0.25, 0.3) is 0 Å². The molecule has 1 aliphatic rings. The molecule has 1 fully saturated rings. The minimum atomic E-state index is -0.434. The molecule has 2 heterocycles. The average Bonchev–Trinajstić information content (AvgIpc) is 2.83. The van der Waals surface area contributed by atoms with Gasteiger partial charge in [0.15, 0.2) is 0 Å². The molecule has 0 radical (unpaired) electrons. The molecule has 0 aliphatic carbocycles. The zero-order valence-electron chi connectivity index (χ0n) is 9.58. The molecule has 1 aliphatic heterocycles. The lowest BCUT2D eigenvalue weighted by molar-refractivity contribution is 0.0947. The predicted molar refractivity (Wildman–Crippen MR) is 62.2 cm³/mol. The Hall–Kier alpha value is -1.49. The van der Waals surface area contributed by atoms with Crippen LogP contribution in [0, 0.1) is 5.82 Å². The predicted octanol–water partition coefficient (Wildman–Crippen LogP) is 1.09. The SMILES string of the molecule is O=C(NCCC1CCCN1)c1ccc(F)cn1. The lowest BCUT2D eigenvalue weighted by Gasteiger charge is -2.10. The highest BCUT2D eigenvalue weighted by atomic mass is 19.1. The molecule has 4 nitrogen and oxygen atoms in total. The number of nitrogens with one attached hydrogen (secondary N) is 2. The fraction of sp³-hybridized carbons (Fsp3) is 0.500. The smallest absolute Gasteiger partial charge is 0.269 e. The number of pyridine rings is 1. The van der Waals surface area contributed by atoms with Crippen LogP contribution in [-0.4, -0.2) is 30.0 Å². The molecule has 1 atom stereocenters. The fourth-order valence-corrected chi connectivity index (χ4v) is 1.96. The molecule has 1 saturated heterocycles. The second-order valence-corrected chi connectivity index (χ2v) is 4.20. The van der Waals surface area contributed by atoms with Gasteiger partial charge in [-0.15, -0.1) is 0 Å². The highest BCUT2D eigenvalue weighted by Gasteiger charge is 2.14. The van der Waals surface area contributed by atoms with Gasteiger partial charge in [0.25, 0.3) is 5.91 Å². The Labute approximate surface area is 99.6 Å². The quantitative estimate of drug-likeness (QED) is 0.824.